The van der Waals surface area contributed by atoms with E-state index in [-0.39, 0.29) is 0 Å². The first-order chi connectivity index (χ1) is 24.6. The zero-order chi connectivity index (χ0) is 36.0. The number of aromatic nitrogens is 2. The number of carbonyl (C=O) groups excluding carboxylic acids is 2. The highest BCUT2D eigenvalue weighted by Crippen LogP contribution is 2.45. The summed E-state index contributed by atoms with van der Waals surface area (Å²) < 4.78 is 20.3. The molecule has 0 amide bonds. The van der Waals surface area contributed by atoms with E-state index in [0.29, 0.717) is 46.6 Å². The minimum atomic E-state index is -1.94. The van der Waals surface area contributed by atoms with E-state index in [1.807, 2.05) is 135 Å². The van der Waals surface area contributed by atoms with E-state index in [0.717, 1.165) is 51.6 Å². The Labute approximate surface area is 301 Å². The zero-order valence-electron chi connectivity index (χ0n) is 28.8. The van der Waals surface area contributed by atoms with Gasteiger partial charge in [-0.25, -0.2) is 4.79 Å². The third-order valence-corrected chi connectivity index (χ3v) is 9.13. The number of aliphatic hydroxyl groups is 1. The fourth-order valence-electron chi connectivity index (χ4n) is 5.70. The summed E-state index contributed by atoms with van der Waals surface area (Å²) in [6.07, 6.45) is 1.16. The fourth-order valence-corrected chi connectivity index (χ4v) is 6.21. The van der Waals surface area contributed by atoms with Gasteiger partial charge >= 0.3 is 5.97 Å². The first kappa shape index (κ1) is 35.0. The molecule has 2 heterocycles. The van der Waals surface area contributed by atoms with Gasteiger partial charge < -0.3 is 24.4 Å². The summed E-state index contributed by atoms with van der Waals surface area (Å²) in [4.78, 5) is 27.7. The number of benzene rings is 5. The van der Waals surface area contributed by atoms with Crippen molar-refractivity contribution in [2.75, 3.05) is 38.0 Å². The standard InChI is InChI=1S/C32H27N3O4S.C9H11NO/c1-35(2)25-13-8-21(9-14-25)18-27-30(23-10-17-28-29(19-23)34-40-33-28)31(36)39-32(27,37)24-11-15-26(16-12-24)38-20-22-6-4-3-5-7-22;1-10(2)9-5-3-8(7-11)4-6-9/h3-17,19,37H,18,20H2,1-2H3;3-7H,1-2H3. The van der Waals surface area contributed by atoms with Crippen molar-refractivity contribution < 1.29 is 24.2 Å². The molecule has 10 heteroatoms. The predicted molar refractivity (Wildman–Crippen MR) is 202 cm³/mol. The van der Waals surface area contributed by atoms with Gasteiger partial charge in [-0.05, 0) is 89.5 Å². The molecule has 258 valence electrons. The highest BCUT2D eigenvalue weighted by atomic mass is 32.1. The molecule has 0 saturated carbocycles. The summed E-state index contributed by atoms with van der Waals surface area (Å²) in [6, 6.07) is 37.9. The van der Waals surface area contributed by atoms with Crippen LogP contribution < -0.4 is 14.5 Å². The Morgan fingerprint density at radius 1 is 0.765 bits per heavy atom. The van der Waals surface area contributed by atoms with Crippen LogP contribution in [0.5, 0.6) is 5.75 Å². The van der Waals surface area contributed by atoms with Crippen LogP contribution in [0.3, 0.4) is 0 Å². The van der Waals surface area contributed by atoms with E-state index >= 15 is 0 Å². The number of nitrogens with zero attached hydrogens (tertiary/aromatic N) is 4. The monoisotopic (exact) mass is 698 g/mol. The van der Waals surface area contributed by atoms with Crippen LogP contribution >= 0.6 is 11.7 Å². The Balaban J connectivity index is 0.000000349. The molecule has 51 heavy (non-hydrogen) atoms. The molecule has 1 aromatic heterocycles. The molecule has 0 radical (unpaired) electrons. The van der Waals surface area contributed by atoms with Crippen molar-refractivity contribution in [3.05, 3.63) is 155 Å². The van der Waals surface area contributed by atoms with Crippen molar-refractivity contribution in [3.8, 4) is 5.75 Å². The van der Waals surface area contributed by atoms with Crippen molar-refractivity contribution in [2.45, 2.75) is 18.8 Å². The van der Waals surface area contributed by atoms with Gasteiger partial charge in [-0.1, -0.05) is 48.5 Å². The third kappa shape index (κ3) is 7.98. The van der Waals surface area contributed by atoms with Crippen LogP contribution in [-0.2, 0) is 28.3 Å². The van der Waals surface area contributed by atoms with Crippen LogP contribution in [0.4, 0.5) is 11.4 Å². The van der Waals surface area contributed by atoms with Crippen molar-refractivity contribution in [2.24, 2.45) is 0 Å². The normalized spacial score (nSPS) is 15.2. The van der Waals surface area contributed by atoms with Gasteiger partial charge in [0.05, 0.1) is 17.3 Å². The van der Waals surface area contributed by atoms with Gasteiger partial charge in [0.15, 0.2) is 0 Å². The number of anilines is 2. The molecular formula is C41H38N4O5S. The lowest BCUT2D eigenvalue weighted by Gasteiger charge is -2.26. The number of aldehydes is 1. The molecule has 0 fully saturated rings. The topological polar surface area (TPSA) is 105 Å². The number of carbonyl (C=O) groups is 2. The average Bonchev–Trinajstić information content (AvgIpc) is 3.73. The molecule has 1 aliphatic heterocycles. The van der Waals surface area contributed by atoms with Gasteiger partial charge in [0.2, 0.25) is 0 Å². The summed E-state index contributed by atoms with van der Waals surface area (Å²) in [5.41, 5.74) is 8.19. The molecule has 7 rings (SSSR count). The number of fused-ring (bicyclic) bond motifs is 1. The van der Waals surface area contributed by atoms with Crippen LogP contribution in [0, 0.1) is 0 Å². The zero-order valence-corrected chi connectivity index (χ0v) is 29.6. The molecule has 1 aliphatic rings. The van der Waals surface area contributed by atoms with Gasteiger partial charge in [-0.2, -0.15) is 8.75 Å². The van der Waals surface area contributed by atoms with Crippen molar-refractivity contribution in [1.82, 2.24) is 8.75 Å². The lowest BCUT2D eigenvalue weighted by atomic mass is 9.88. The van der Waals surface area contributed by atoms with E-state index in [9.17, 15) is 14.7 Å². The highest BCUT2D eigenvalue weighted by Gasteiger charge is 2.48. The molecule has 0 saturated heterocycles. The maximum Gasteiger partial charge on any atom is 0.342 e. The Hall–Kier alpha value is -5.84. The van der Waals surface area contributed by atoms with Crippen molar-refractivity contribution in [3.63, 3.8) is 0 Å². The summed E-state index contributed by atoms with van der Waals surface area (Å²) in [5.74, 6) is -1.89. The second-order valence-corrected chi connectivity index (χ2v) is 13.0. The second kappa shape index (κ2) is 15.4. The fraction of sp³-hybridized carbons (Fsp3) is 0.171. The molecule has 5 aromatic carbocycles. The van der Waals surface area contributed by atoms with Gasteiger partial charge in [0.25, 0.3) is 5.79 Å². The number of ether oxygens (including phenoxy) is 2. The molecule has 0 bridgehead atoms. The smallest absolute Gasteiger partial charge is 0.342 e. The number of esters is 1. The van der Waals surface area contributed by atoms with E-state index in [1.54, 1.807) is 24.3 Å². The van der Waals surface area contributed by atoms with Crippen LogP contribution in [0.25, 0.3) is 16.6 Å². The number of rotatable bonds is 10. The molecule has 0 aliphatic carbocycles. The molecule has 9 nitrogen and oxygen atoms in total. The molecule has 1 atom stereocenters. The Morgan fingerprint density at radius 2 is 1.39 bits per heavy atom. The summed E-state index contributed by atoms with van der Waals surface area (Å²) in [6.45, 7) is 0.422. The van der Waals surface area contributed by atoms with Gasteiger partial charge in [-0.3, -0.25) is 4.79 Å². The van der Waals surface area contributed by atoms with Gasteiger partial charge in [0.1, 0.15) is 29.7 Å². The van der Waals surface area contributed by atoms with Crippen LogP contribution in [0.2, 0.25) is 0 Å². The second-order valence-electron chi connectivity index (χ2n) is 12.5. The summed E-state index contributed by atoms with van der Waals surface area (Å²) in [7, 11) is 7.90. The van der Waals surface area contributed by atoms with E-state index in [2.05, 4.69) is 8.75 Å². The Kier molecular flexibility index (Phi) is 10.5. The third-order valence-electron chi connectivity index (χ3n) is 8.57. The van der Waals surface area contributed by atoms with E-state index in [4.69, 9.17) is 9.47 Å². The first-order valence-corrected chi connectivity index (χ1v) is 17.1. The predicted octanol–water partition coefficient (Wildman–Crippen LogP) is 7.30. The Morgan fingerprint density at radius 3 is 2.02 bits per heavy atom. The largest absolute Gasteiger partial charge is 0.489 e. The van der Waals surface area contributed by atoms with Crippen LogP contribution in [0.15, 0.2) is 127 Å². The lowest BCUT2D eigenvalue weighted by molar-refractivity contribution is -0.185. The van der Waals surface area contributed by atoms with Crippen molar-refractivity contribution >= 4 is 52.0 Å². The molecular weight excluding hydrogens is 661 g/mol. The van der Waals surface area contributed by atoms with Crippen LogP contribution in [0.1, 0.15) is 32.6 Å². The minimum absolute atomic E-state index is 0.310. The minimum Gasteiger partial charge on any atom is -0.489 e. The summed E-state index contributed by atoms with van der Waals surface area (Å²) >= 11 is 1.11. The number of cyclic esters (lactones) is 1. The number of hydrogen-bond donors (Lipinski definition) is 1. The first-order valence-electron chi connectivity index (χ1n) is 16.3. The maximum absolute atomic E-state index is 13.4. The SMILES string of the molecule is CN(C)c1ccc(C=O)cc1.CN(C)c1ccc(CC2=C(c3ccc4nsnc4c3)C(=O)OC2(O)c2ccc(OCc3ccccc3)cc2)cc1. The van der Waals surface area contributed by atoms with Crippen molar-refractivity contribution in [1.29, 1.82) is 0 Å². The van der Waals surface area contributed by atoms with E-state index < -0.39 is 11.8 Å². The maximum atomic E-state index is 13.4. The Bertz CT molecular complexity index is 2150. The molecule has 1 N–H and O–H groups in total. The lowest BCUT2D eigenvalue weighted by Crippen LogP contribution is -2.29. The molecule has 1 unspecified atom stereocenters. The number of hydrogen-bond acceptors (Lipinski definition) is 10. The highest BCUT2D eigenvalue weighted by molar-refractivity contribution is 7.00. The molecule has 0 spiro atoms. The van der Waals surface area contributed by atoms with Gasteiger partial charge in [-0.15, -0.1) is 0 Å². The van der Waals surface area contributed by atoms with Crippen LogP contribution in [-0.4, -0.2) is 54.3 Å². The summed E-state index contributed by atoms with van der Waals surface area (Å²) in [5, 5.41) is 12.0. The molecule has 6 aromatic rings. The quantitative estimate of drug-likeness (QED) is 0.117. The van der Waals surface area contributed by atoms with E-state index in [1.165, 1.54) is 0 Å². The average molecular weight is 699 g/mol. The van der Waals surface area contributed by atoms with Gasteiger partial charge in [0, 0.05) is 62.7 Å².